The predicted molar refractivity (Wildman–Crippen MR) is 113 cm³/mol. The highest BCUT2D eigenvalue weighted by molar-refractivity contribution is 5.80. The summed E-state index contributed by atoms with van der Waals surface area (Å²) in [4.78, 5) is 11.3. The summed E-state index contributed by atoms with van der Waals surface area (Å²) in [5, 5.41) is 4.29. The molecule has 0 aliphatic carbocycles. The summed E-state index contributed by atoms with van der Waals surface area (Å²) < 4.78 is 0. The summed E-state index contributed by atoms with van der Waals surface area (Å²) in [7, 11) is 0. The molecule has 0 fully saturated rings. The van der Waals surface area contributed by atoms with Crippen LogP contribution in [0.15, 0.2) is 65.8 Å². The largest absolute Gasteiger partial charge is 0.372 e. The number of rotatable bonds is 7. The van der Waals surface area contributed by atoms with Crippen molar-refractivity contribution >= 4 is 17.9 Å². The van der Waals surface area contributed by atoms with Crippen LogP contribution in [0.25, 0.3) is 11.3 Å². The fraction of sp³-hybridized carbons (Fsp3) is 0.227. The second kappa shape index (κ2) is 8.94. The van der Waals surface area contributed by atoms with Crippen molar-refractivity contribution in [2.45, 2.75) is 20.8 Å². The van der Waals surface area contributed by atoms with Crippen molar-refractivity contribution in [1.82, 2.24) is 9.97 Å². The van der Waals surface area contributed by atoms with Crippen LogP contribution in [0.5, 0.6) is 0 Å². The van der Waals surface area contributed by atoms with Crippen molar-refractivity contribution < 1.29 is 0 Å². The van der Waals surface area contributed by atoms with Gasteiger partial charge in [0.25, 0.3) is 0 Å². The summed E-state index contributed by atoms with van der Waals surface area (Å²) in [5.41, 5.74) is 8.02. The predicted octanol–water partition coefficient (Wildman–Crippen LogP) is 4.74. The molecule has 0 amide bonds. The summed E-state index contributed by atoms with van der Waals surface area (Å²) in [6.07, 6.45) is 1.78. The van der Waals surface area contributed by atoms with Gasteiger partial charge >= 0.3 is 0 Å². The van der Waals surface area contributed by atoms with E-state index in [1.807, 2.05) is 43.3 Å². The number of nitrogens with one attached hydrogen (secondary N) is 1. The molecule has 0 atom stereocenters. The molecule has 1 heterocycles. The SMILES string of the molecule is CCN(CC)c1ccc(/C=N/Nc2nc(C)cc(-c3ccccc3)n2)cc1. The van der Waals surface area contributed by atoms with E-state index in [9.17, 15) is 0 Å². The van der Waals surface area contributed by atoms with Crippen LogP contribution in [-0.4, -0.2) is 29.3 Å². The third-order valence-corrected chi connectivity index (χ3v) is 4.32. The van der Waals surface area contributed by atoms with Crippen molar-refractivity contribution in [3.8, 4) is 11.3 Å². The normalized spacial score (nSPS) is 10.9. The van der Waals surface area contributed by atoms with E-state index in [0.29, 0.717) is 5.95 Å². The fourth-order valence-electron chi connectivity index (χ4n) is 2.90. The van der Waals surface area contributed by atoms with Crippen LogP contribution < -0.4 is 10.3 Å². The minimum atomic E-state index is 0.491. The summed E-state index contributed by atoms with van der Waals surface area (Å²) in [6, 6.07) is 20.4. The van der Waals surface area contributed by atoms with Gasteiger partial charge in [-0.15, -0.1) is 0 Å². The highest BCUT2D eigenvalue weighted by atomic mass is 15.3. The van der Waals surface area contributed by atoms with E-state index in [4.69, 9.17) is 0 Å². The van der Waals surface area contributed by atoms with Gasteiger partial charge in [0.2, 0.25) is 5.95 Å². The highest BCUT2D eigenvalue weighted by Crippen LogP contribution is 2.19. The van der Waals surface area contributed by atoms with Gasteiger partial charge < -0.3 is 4.90 Å². The molecule has 0 aliphatic heterocycles. The van der Waals surface area contributed by atoms with E-state index in [1.165, 1.54) is 5.69 Å². The van der Waals surface area contributed by atoms with Crippen LogP contribution in [0.3, 0.4) is 0 Å². The maximum Gasteiger partial charge on any atom is 0.244 e. The molecule has 138 valence electrons. The molecule has 1 aromatic heterocycles. The molecule has 2 aromatic carbocycles. The molecule has 0 spiro atoms. The van der Waals surface area contributed by atoms with Crippen molar-refractivity contribution in [2.75, 3.05) is 23.4 Å². The number of hydrogen-bond donors (Lipinski definition) is 1. The van der Waals surface area contributed by atoms with E-state index >= 15 is 0 Å². The first kappa shape index (κ1) is 18.6. The molecule has 0 unspecified atom stereocenters. The maximum atomic E-state index is 4.55. The lowest BCUT2D eigenvalue weighted by molar-refractivity contribution is 0.866. The first-order chi connectivity index (χ1) is 13.2. The number of benzene rings is 2. The average Bonchev–Trinajstić information content (AvgIpc) is 2.70. The number of hydrazone groups is 1. The zero-order valence-corrected chi connectivity index (χ0v) is 16.1. The first-order valence-corrected chi connectivity index (χ1v) is 9.24. The third kappa shape index (κ3) is 4.91. The molecule has 0 bridgehead atoms. The third-order valence-electron chi connectivity index (χ3n) is 4.32. The Bertz CT molecular complexity index is 884. The van der Waals surface area contributed by atoms with E-state index < -0.39 is 0 Å². The molecular formula is C22H25N5. The topological polar surface area (TPSA) is 53.4 Å². The standard InChI is InChI=1S/C22H25N5/c1-4-27(5-2)20-13-11-18(12-14-20)16-23-26-22-24-17(3)15-21(25-22)19-9-7-6-8-10-19/h6-16H,4-5H2,1-3H3,(H,24,25,26)/b23-16+. The van der Waals surface area contributed by atoms with Gasteiger partial charge in [-0.1, -0.05) is 42.5 Å². The minimum absolute atomic E-state index is 0.491. The van der Waals surface area contributed by atoms with Crippen LogP contribution in [0.4, 0.5) is 11.6 Å². The Hall–Kier alpha value is -3.21. The quantitative estimate of drug-likeness (QED) is 0.489. The van der Waals surface area contributed by atoms with Gasteiger partial charge in [-0.2, -0.15) is 5.10 Å². The van der Waals surface area contributed by atoms with Gasteiger partial charge in [0, 0.05) is 30.0 Å². The second-order valence-corrected chi connectivity index (χ2v) is 6.22. The van der Waals surface area contributed by atoms with E-state index in [0.717, 1.165) is 35.6 Å². The lowest BCUT2D eigenvalue weighted by Gasteiger charge is -2.20. The van der Waals surface area contributed by atoms with E-state index in [2.05, 4.69) is 63.5 Å². The second-order valence-electron chi connectivity index (χ2n) is 6.22. The van der Waals surface area contributed by atoms with Gasteiger partial charge in [-0.3, -0.25) is 0 Å². The Morgan fingerprint density at radius 1 is 0.963 bits per heavy atom. The molecule has 5 heteroatoms. The lowest BCUT2D eigenvalue weighted by Crippen LogP contribution is -2.21. The van der Waals surface area contributed by atoms with Crippen LogP contribution in [0.2, 0.25) is 0 Å². The number of anilines is 2. The molecule has 1 N–H and O–H groups in total. The molecular weight excluding hydrogens is 334 g/mol. The van der Waals surface area contributed by atoms with Gasteiger partial charge in [0.1, 0.15) is 0 Å². The van der Waals surface area contributed by atoms with Gasteiger partial charge in [-0.25, -0.2) is 15.4 Å². The van der Waals surface area contributed by atoms with Crippen LogP contribution in [0.1, 0.15) is 25.1 Å². The van der Waals surface area contributed by atoms with Gasteiger partial charge in [-0.05, 0) is 44.5 Å². The Morgan fingerprint density at radius 2 is 1.67 bits per heavy atom. The molecule has 3 aromatic rings. The monoisotopic (exact) mass is 359 g/mol. The highest BCUT2D eigenvalue weighted by Gasteiger charge is 2.04. The fourth-order valence-corrected chi connectivity index (χ4v) is 2.90. The summed E-state index contributed by atoms with van der Waals surface area (Å²) >= 11 is 0. The molecule has 3 rings (SSSR count). The molecule has 0 saturated heterocycles. The summed E-state index contributed by atoms with van der Waals surface area (Å²) in [6.45, 7) is 8.28. The lowest BCUT2D eigenvalue weighted by atomic mass is 10.1. The first-order valence-electron chi connectivity index (χ1n) is 9.24. The van der Waals surface area contributed by atoms with Gasteiger partial charge in [0.05, 0.1) is 11.9 Å². The summed E-state index contributed by atoms with van der Waals surface area (Å²) in [5.74, 6) is 0.491. The average molecular weight is 359 g/mol. The van der Waals surface area contributed by atoms with Gasteiger partial charge in [0.15, 0.2) is 0 Å². The Morgan fingerprint density at radius 3 is 2.33 bits per heavy atom. The van der Waals surface area contributed by atoms with Crippen molar-refractivity contribution in [3.05, 3.63) is 71.9 Å². The molecule has 0 radical (unpaired) electrons. The van der Waals surface area contributed by atoms with Crippen molar-refractivity contribution in [1.29, 1.82) is 0 Å². The zero-order valence-electron chi connectivity index (χ0n) is 16.1. The van der Waals surface area contributed by atoms with Crippen LogP contribution in [0, 0.1) is 6.92 Å². The number of nitrogens with zero attached hydrogens (tertiary/aromatic N) is 4. The molecule has 5 nitrogen and oxygen atoms in total. The smallest absolute Gasteiger partial charge is 0.244 e. The van der Waals surface area contributed by atoms with Crippen molar-refractivity contribution in [2.24, 2.45) is 5.10 Å². The van der Waals surface area contributed by atoms with Crippen LogP contribution in [-0.2, 0) is 0 Å². The molecule has 0 saturated carbocycles. The number of aryl methyl sites for hydroxylation is 1. The Kier molecular flexibility index (Phi) is 6.15. The Labute approximate surface area is 160 Å². The maximum absolute atomic E-state index is 4.55. The number of hydrogen-bond acceptors (Lipinski definition) is 5. The zero-order chi connectivity index (χ0) is 19.1. The Balaban J connectivity index is 1.70. The number of aromatic nitrogens is 2. The van der Waals surface area contributed by atoms with E-state index in [-0.39, 0.29) is 0 Å². The van der Waals surface area contributed by atoms with Crippen molar-refractivity contribution in [3.63, 3.8) is 0 Å². The van der Waals surface area contributed by atoms with Crippen LogP contribution >= 0.6 is 0 Å². The van der Waals surface area contributed by atoms with E-state index in [1.54, 1.807) is 6.21 Å². The minimum Gasteiger partial charge on any atom is -0.372 e. The molecule has 27 heavy (non-hydrogen) atoms. The molecule has 0 aliphatic rings.